The zero-order valence-electron chi connectivity index (χ0n) is 35.4. The number of nitrogens with zero attached hydrogens (tertiary/aromatic N) is 2. The number of amides is 1. The maximum absolute atomic E-state index is 14.2. The molecule has 2 atom stereocenters. The number of nitrogens with one attached hydrogen (secondary N) is 2. The van der Waals surface area contributed by atoms with Gasteiger partial charge in [0.15, 0.2) is 11.8 Å². The molecule has 4 aromatic rings. The van der Waals surface area contributed by atoms with Crippen LogP contribution in [0.2, 0.25) is 5.02 Å². The van der Waals surface area contributed by atoms with E-state index in [0.29, 0.717) is 12.1 Å². The van der Waals surface area contributed by atoms with Crippen LogP contribution >= 0.6 is 11.6 Å². The minimum Gasteiger partial charge on any atom is -0.491 e. The molecule has 3 N–H and O–H groups in total. The van der Waals surface area contributed by atoms with Crippen LogP contribution < -0.4 is 25.8 Å². The molecule has 0 radical (unpaired) electrons. The number of benzene rings is 3. The topological polar surface area (TPSA) is 133 Å². The molecule has 11 nitrogen and oxygen atoms in total. The second kappa shape index (κ2) is 18.7. The number of anilines is 2. The maximum Gasteiger partial charge on any atom is 0.335 e. The van der Waals surface area contributed by atoms with E-state index < -0.39 is 41.0 Å². The van der Waals surface area contributed by atoms with Crippen LogP contribution in [0, 0.1) is 5.41 Å². The summed E-state index contributed by atoms with van der Waals surface area (Å²) in [5.41, 5.74) is 1.97. The van der Waals surface area contributed by atoms with E-state index in [9.17, 15) is 19.5 Å². The van der Waals surface area contributed by atoms with E-state index in [2.05, 4.69) is 70.4 Å². The fourth-order valence-corrected chi connectivity index (χ4v) is 6.38. The number of carbonyl (C=O) groups is 2. The summed E-state index contributed by atoms with van der Waals surface area (Å²) in [7, 11) is 0. The van der Waals surface area contributed by atoms with Gasteiger partial charge in [0.05, 0.1) is 23.9 Å². The second-order valence-corrected chi connectivity index (χ2v) is 17.0. The largest absolute Gasteiger partial charge is 0.491 e. The van der Waals surface area contributed by atoms with E-state index in [-0.39, 0.29) is 47.3 Å². The zero-order chi connectivity index (χ0) is 42.3. The van der Waals surface area contributed by atoms with Crippen molar-refractivity contribution < 1.29 is 28.9 Å². The Morgan fingerprint density at radius 3 is 2.14 bits per heavy atom. The van der Waals surface area contributed by atoms with Crippen molar-refractivity contribution >= 4 is 34.7 Å². The van der Waals surface area contributed by atoms with Crippen molar-refractivity contribution in [2.45, 2.75) is 125 Å². The Bertz CT molecular complexity index is 2060. The van der Waals surface area contributed by atoms with Crippen LogP contribution in [0.15, 0.2) is 71.5 Å². The number of aromatic hydroxyl groups is 1. The second-order valence-electron chi connectivity index (χ2n) is 16.6. The van der Waals surface area contributed by atoms with Gasteiger partial charge in [-0.25, -0.2) is 9.36 Å². The predicted molar refractivity (Wildman–Crippen MR) is 228 cm³/mol. The standard InChI is InChI=1S/C45H61ClN4O7/c1-12-36(57-35-24-21-30(44(8,9)13-2)25-32(35)45(10,11)14-3)56-28-47-31-22-23-33(46)34(26-31)48-39(52)37(38(51)43(5,6)7)50-40(53)41(55-15-4)49(42(50)54)27-29-19-17-16-18-20-29/h16-26,36-37,47,53H,12-15,27-28H2,1-11H3,(H,48,52). The van der Waals surface area contributed by atoms with Gasteiger partial charge in [-0.1, -0.05) is 123 Å². The number of ether oxygens (including phenoxy) is 3. The number of hydrogen-bond donors (Lipinski definition) is 3. The molecule has 3 aromatic carbocycles. The maximum atomic E-state index is 14.2. The molecule has 0 spiro atoms. The average Bonchev–Trinajstić information content (AvgIpc) is 3.39. The lowest BCUT2D eigenvalue weighted by Gasteiger charge is -2.31. The molecule has 1 aromatic heterocycles. The van der Waals surface area contributed by atoms with Crippen molar-refractivity contribution in [1.29, 1.82) is 0 Å². The summed E-state index contributed by atoms with van der Waals surface area (Å²) in [4.78, 5) is 42.1. The summed E-state index contributed by atoms with van der Waals surface area (Å²) in [6.45, 7) is 22.2. The average molecular weight is 805 g/mol. The smallest absolute Gasteiger partial charge is 0.335 e. The van der Waals surface area contributed by atoms with E-state index in [1.54, 1.807) is 45.9 Å². The van der Waals surface area contributed by atoms with Crippen molar-refractivity contribution in [3.05, 3.63) is 98.9 Å². The van der Waals surface area contributed by atoms with Gasteiger partial charge in [-0.05, 0) is 66.0 Å². The summed E-state index contributed by atoms with van der Waals surface area (Å²) in [6.07, 6.45) is 1.99. The molecular formula is C45H61ClN4O7. The Kier molecular flexibility index (Phi) is 14.7. The van der Waals surface area contributed by atoms with Crippen molar-refractivity contribution in [2.75, 3.05) is 24.0 Å². The lowest BCUT2D eigenvalue weighted by molar-refractivity contribution is -0.135. The first-order valence-electron chi connectivity index (χ1n) is 19.8. The number of halogens is 1. The highest BCUT2D eigenvalue weighted by Gasteiger charge is 2.41. The van der Waals surface area contributed by atoms with E-state index in [0.717, 1.165) is 34.3 Å². The first kappa shape index (κ1) is 45.0. The number of ketones is 1. The van der Waals surface area contributed by atoms with Crippen LogP contribution in [-0.4, -0.2) is 45.6 Å². The molecule has 310 valence electrons. The molecule has 0 fully saturated rings. The zero-order valence-corrected chi connectivity index (χ0v) is 36.2. The Hall–Kier alpha value is -4.74. The summed E-state index contributed by atoms with van der Waals surface area (Å²) < 4.78 is 20.3. The van der Waals surface area contributed by atoms with Crippen molar-refractivity contribution in [2.24, 2.45) is 5.41 Å². The molecule has 2 unspecified atom stereocenters. The van der Waals surface area contributed by atoms with Crippen LogP contribution in [0.25, 0.3) is 0 Å². The highest BCUT2D eigenvalue weighted by molar-refractivity contribution is 6.34. The van der Waals surface area contributed by atoms with Gasteiger partial charge >= 0.3 is 5.69 Å². The Labute approximate surface area is 342 Å². The number of hydrogen-bond acceptors (Lipinski definition) is 8. The molecule has 0 saturated carbocycles. The van der Waals surface area contributed by atoms with Crippen LogP contribution in [0.4, 0.5) is 11.4 Å². The summed E-state index contributed by atoms with van der Waals surface area (Å²) >= 11 is 6.57. The molecule has 1 heterocycles. The van der Waals surface area contributed by atoms with E-state index in [4.69, 9.17) is 25.8 Å². The molecule has 57 heavy (non-hydrogen) atoms. The van der Waals surface area contributed by atoms with Gasteiger partial charge in [-0.15, -0.1) is 0 Å². The van der Waals surface area contributed by atoms with Crippen LogP contribution in [0.3, 0.4) is 0 Å². The molecule has 1 amide bonds. The number of carbonyl (C=O) groups excluding carboxylic acids is 2. The molecule has 12 heteroatoms. The molecule has 0 saturated heterocycles. The molecule has 0 bridgehead atoms. The highest BCUT2D eigenvalue weighted by atomic mass is 35.5. The number of Topliss-reactive ketones (excluding diaryl/α,β-unsaturated/α-hetero) is 1. The predicted octanol–water partition coefficient (Wildman–Crippen LogP) is 9.83. The van der Waals surface area contributed by atoms with E-state index in [1.807, 2.05) is 37.3 Å². The van der Waals surface area contributed by atoms with Crippen LogP contribution in [-0.2, 0) is 31.7 Å². The first-order chi connectivity index (χ1) is 26.8. The Balaban J connectivity index is 1.57. The molecule has 0 aliphatic rings. The van der Waals surface area contributed by atoms with E-state index in [1.165, 1.54) is 10.1 Å². The Morgan fingerprint density at radius 1 is 0.877 bits per heavy atom. The summed E-state index contributed by atoms with van der Waals surface area (Å²) in [5, 5.41) is 17.5. The fraction of sp³-hybridized carbons (Fsp3) is 0.489. The van der Waals surface area contributed by atoms with Gasteiger partial charge in [0.1, 0.15) is 12.5 Å². The van der Waals surface area contributed by atoms with Crippen LogP contribution in [0.1, 0.15) is 118 Å². The van der Waals surface area contributed by atoms with Crippen molar-refractivity contribution in [3.63, 3.8) is 0 Å². The third-order valence-electron chi connectivity index (χ3n) is 10.7. The lowest BCUT2D eigenvalue weighted by Crippen LogP contribution is -2.43. The molecule has 0 aliphatic carbocycles. The minimum absolute atomic E-state index is 0.0306. The van der Waals surface area contributed by atoms with Gasteiger partial charge in [0, 0.05) is 23.1 Å². The van der Waals surface area contributed by atoms with Gasteiger partial charge in [-0.3, -0.25) is 14.2 Å². The lowest BCUT2D eigenvalue weighted by atomic mass is 9.76. The van der Waals surface area contributed by atoms with Gasteiger partial charge in [0.2, 0.25) is 6.29 Å². The monoisotopic (exact) mass is 804 g/mol. The number of imidazole rings is 1. The molecule has 4 rings (SSSR count). The van der Waals surface area contributed by atoms with Crippen molar-refractivity contribution in [1.82, 2.24) is 9.13 Å². The highest BCUT2D eigenvalue weighted by Crippen LogP contribution is 2.39. The SMILES string of the molecule is CCOc1c(O)n(C(C(=O)Nc2cc(NCOC(CC)Oc3ccc(C(C)(C)CC)cc3C(C)(C)CC)ccc2Cl)C(=O)C(C)(C)C)c(=O)n1Cc1ccccc1. The van der Waals surface area contributed by atoms with Crippen molar-refractivity contribution in [3.8, 4) is 17.5 Å². The summed E-state index contributed by atoms with van der Waals surface area (Å²) in [5.74, 6) is -1.45. The quantitative estimate of drug-likeness (QED) is 0.0631. The molecule has 0 aliphatic heterocycles. The van der Waals surface area contributed by atoms with Crippen LogP contribution in [0.5, 0.6) is 17.5 Å². The van der Waals surface area contributed by atoms with Gasteiger partial charge in [-0.2, -0.15) is 0 Å². The molecular weight excluding hydrogens is 744 g/mol. The normalized spacial score (nSPS) is 13.2. The fourth-order valence-electron chi connectivity index (χ4n) is 6.22. The number of aromatic nitrogens is 2. The third-order valence-corrected chi connectivity index (χ3v) is 11.0. The minimum atomic E-state index is -1.75. The first-order valence-corrected chi connectivity index (χ1v) is 20.2. The Morgan fingerprint density at radius 2 is 1.54 bits per heavy atom. The number of rotatable bonds is 19. The third kappa shape index (κ3) is 10.6. The summed E-state index contributed by atoms with van der Waals surface area (Å²) in [6, 6.07) is 18.8. The van der Waals surface area contributed by atoms with E-state index >= 15 is 0 Å². The van der Waals surface area contributed by atoms with Gasteiger partial charge < -0.3 is 30.0 Å². The van der Waals surface area contributed by atoms with Gasteiger partial charge in [0.25, 0.3) is 17.7 Å².